The number of hydrogen-bond donors (Lipinski definition) is 3. The highest BCUT2D eigenvalue weighted by Gasteiger charge is 2.32. The quantitative estimate of drug-likeness (QED) is 0.494. The molecule has 29 heavy (non-hydrogen) atoms. The molecule has 0 fully saturated rings. The third-order valence-electron chi connectivity index (χ3n) is 4.34. The number of anilines is 1. The van der Waals surface area contributed by atoms with Crippen LogP contribution in [0.25, 0.3) is 0 Å². The molecule has 8 nitrogen and oxygen atoms in total. The van der Waals surface area contributed by atoms with Crippen LogP contribution in [0.15, 0.2) is 6.20 Å². The predicted molar refractivity (Wildman–Crippen MR) is 113 cm³/mol. The highest BCUT2D eigenvalue weighted by atomic mass is 32.1. The van der Waals surface area contributed by atoms with Gasteiger partial charge in [0, 0.05) is 11.1 Å². The lowest BCUT2D eigenvalue weighted by molar-refractivity contribution is -0.168. The van der Waals surface area contributed by atoms with E-state index in [4.69, 9.17) is 4.74 Å². The van der Waals surface area contributed by atoms with Gasteiger partial charge in [-0.05, 0) is 24.2 Å². The summed E-state index contributed by atoms with van der Waals surface area (Å²) >= 11 is 1.39. The Hall–Kier alpha value is -2.00. The largest absolute Gasteiger partial charge is 0.450 e. The summed E-state index contributed by atoms with van der Waals surface area (Å²) in [4.78, 5) is 42.5. The van der Waals surface area contributed by atoms with Crippen molar-refractivity contribution in [3.63, 3.8) is 0 Å². The Morgan fingerprint density at radius 3 is 2.17 bits per heavy atom. The van der Waals surface area contributed by atoms with Gasteiger partial charge in [0.05, 0.1) is 0 Å². The van der Waals surface area contributed by atoms with Gasteiger partial charge >= 0.3 is 5.97 Å². The third-order valence-corrected chi connectivity index (χ3v) is 5.56. The molecule has 1 rings (SSSR count). The number of aliphatic hydroxyl groups is 1. The molecule has 0 radical (unpaired) electrons. The van der Waals surface area contributed by atoms with Crippen molar-refractivity contribution in [2.24, 2.45) is 11.8 Å². The zero-order valence-electron chi connectivity index (χ0n) is 18.2. The van der Waals surface area contributed by atoms with Gasteiger partial charge in [0.1, 0.15) is 6.04 Å². The van der Waals surface area contributed by atoms with E-state index in [1.807, 2.05) is 13.8 Å². The summed E-state index contributed by atoms with van der Waals surface area (Å²) in [6.07, 6.45) is -0.342. The fourth-order valence-electron chi connectivity index (χ4n) is 2.37. The van der Waals surface area contributed by atoms with Gasteiger partial charge in [-0.2, -0.15) is 0 Å². The second-order valence-corrected chi connectivity index (χ2v) is 9.03. The Morgan fingerprint density at radius 1 is 1.10 bits per heavy atom. The van der Waals surface area contributed by atoms with Crippen LogP contribution in [0.2, 0.25) is 0 Å². The molecule has 3 N–H and O–H groups in total. The van der Waals surface area contributed by atoms with Crippen LogP contribution in [-0.4, -0.2) is 46.1 Å². The average molecular weight is 428 g/mol. The Kier molecular flexibility index (Phi) is 9.72. The van der Waals surface area contributed by atoms with Crippen LogP contribution in [0.1, 0.15) is 65.7 Å². The number of ether oxygens (including phenoxy) is 1. The van der Waals surface area contributed by atoms with Gasteiger partial charge in [-0.15, -0.1) is 11.3 Å². The highest BCUT2D eigenvalue weighted by Crippen LogP contribution is 2.25. The van der Waals surface area contributed by atoms with E-state index < -0.39 is 30.1 Å². The van der Waals surface area contributed by atoms with Crippen LogP contribution < -0.4 is 10.6 Å². The van der Waals surface area contributed by atoms with E-state index in [9.17, 15) is 19.5 Å². The molecule has 9 heteroatoms. The molecule has 0 aliphatic heterocycles. The van der Waals surface area contributed by atoms with Gasteiger partial charge in [0.2, 0.25) is 5.91 Å². The molecular weight excluding hydrogens is 394 g/mol. The van der Waals surface area contributed by atoms with Crippen molar-refractivity contribution in [2.45, 2.75) is 79.1 Å². The van der Waals surface area contributed by atoms with E-state index in [-0.39, 0.29) is 17.7 Å². The molecule has 2 amide bonds. The maximum absolute atomic E-state index is 12.7. The average Bonchev–Trinajstić information content (AvgIpc) is 3.11. The van der Waals surface area contributed by atoms with Crippen molar-refractivity contribution in [2.75, 3.05) is 5.32 Å². The zero-order valence-corrected chi connectivity index (χ0v) is 19.0. The number of aromatic nitrogens is 1. The minimum absolute atomic E-state index is 0.308. The zero-order chi connectivity index (χ0) is 22.3. The molecule has 164 valence electrons. The number of hydrogen-bond acceptors (Lipinski definition) is 7. The Morgan fingerprint density at radius 2 is 1.72 bits per heavy atom. The molecule has 1 heterocycles. The van der Waals surface area contributed by atoms with Gasteiger partial charge in [-0.25, -0.2) is 9.78 Å². The molecule has 1 aromatic rings. The molecule has 0 saturated carbocycles. The van der Waals surface area contributed by atoms with Crippen molar-refractivity contribution >= 4 is 34.3 Å². The van der Waals surface area contributed by atoms with Gasteiger partial charge in [0.25, 0.3) is 5.91 Å². The number of esters is 1. The second kappa shape index (κ2) is 11.3. The van der Waals surface area contributed by atoms with Crippen LogP contribution in [0.4, 0.5) is 5.13 Å². The van der Waals surface area contributed by atoms with Crippen LogP contribution >= 0.6 is 11.3 Å². The smallest absolute Gasteiger partial charge is 0.336 e. The Labute approximate surface area is 176 Å². The number of nitrogens with one attached hydrogen (secondary N) is 2. The van der Waals surface area contributed by atoms with Crippen LogP contribution in [0.5, 0.6) is 0 Å². The third kappa shape index (κ3) is 7.40. The lowest BCUT2D eigenvalue weighted by Gasteiger charge is -2.25. The molecule has 0 saturated heterocycles. The molecule has 3 unspecified atom stereocenters. The minimum atomic E-state index is -1.31. The topological polar surface area (TPSA) is 118 Å². The van der Waals surface area contributed by atoms with Crippen molar-refractivity contribution < 1.29 is 24.2 Å². The second-order valence-electron chi connectivity index (χ2n) is 7.97. The summed E-state index contributed by atoms with van der Waals surface area (Å²) in [5, 5.41) is 15.7. The summed E-state index contributed by atoms with van der Waals surface area (Å²) in [5.74, 6) is -2.17. The molecule has 0 aliphatic carbocycles. The van der Waals surface area contributed by atoms with E-state index in [1.54, 1.807) is 40.8 Å². The number of thiazole rings is 1. The molecule has 0 aliphatic rings. The van der Waals surface area contributed by atoms with E-state index in [0.717, 1.165) is 4.88 Å². The maximum atomic E-state index is 12.7. The normalized spacial score (nSPS) is 14.6. The molecule has 0 spiro atoms. The molecule has 0 bridgehead atoms. The number of rotatable bonds is 10. The molecular formula is C20H33N3O5S. The summed E-state index contributed by atoms with van der Waals surface area (Å²) in [5.41, 5.74) is 0. The summed E-state index contributed by atoms with van der Waals surface area (Å²) in [6, 6.07) is -0.802. The lowest BCUT2D eigenvalue weighted by Crippen LogP contribution is -2.50. The van der Waals surface area contributed by atoms with Crippen molar-refractivity contribution in [3.05, 3.63) is 11.1 Å². The number of aliphatic hydroxyl groups excluding tert-OH is 1. The highest BCUT2D eigenvalue weighted by molar-refractivity contribution is 7.15. The van der Waals surface area contributed by atoms with Crippen molar-refractivity contribution in [1.82, 2.24) is 10.3 Å². The monoisotopic (exact) mass is 427 g/mol. The lowest BCUT2D eigenvalue weighted by atomic mass is 10.0. The first kappa shape index (κ1) is 25.0. The number of nitrogens with zero attached hydrogens (tertiary/aromatic N) is 1. The van der Waals surface area contributed by atoms with Gasteiger partial charge in [-0.3, -0.25) is 9.59 Å². The van der Waals surface area contributed by atoms with E-state index >= 15 is 0 Å². The summed E-state index contributed by atoms with van der Waals surface area (Å²) < 4.78 is 5.23. The van der Waals surface area contributed by atoms with Gasteiger partial charge in [-0.1, -0.05) is 48.5 Å². The van der Waals surface area contributed by atoms with Crippen LogP contribution in [0.3, 0.4) is 0 Å². The van der Waals surface area contributed by atoms with Gasteiger partial charge < -0.3 is 20.5 Å². The van der Waals surface area contributed by atoms with Gasteiger partial charge in [0.15, 0.2) is 17.3 Å². The van der Waals surface area contributed by atoms with E-state index in [2.05, 4.69) is 15.6 Å². The number of carbonyl (C=O) groups excluding carboxylic acids is 3. The number of amides is 2. The SMILES string of the molecule is CCC(NC(=O)C(OC(=O)C(O)C(C)C)C(C)C)C(=O)Nc1ncc(C(C)C)s1. The Balaban J connectivity index is 2.79. The van der Waals surface area contributed by atoms with Crippen LogP contribution in [-0.2, 0) is 19.1 Å². The predicted octanol–water partition coefficient (Wildman–Crippen LogP) is 2.68. The minimum Gasteiger partial charge on any atom is -0.450 e. The van der Waals surface area contributed by atoms with E-state index in [1.165, 1.54) is 11.3 Å². The molecule has 1 aromatic heterocycles. The van der Waals surface area contributed by atoms with Crippen molar-refractivity contribution in [3.8, 4) is 0 Å². The standard InChI is InChI=1S/C20H33N3O5S/c1-8-13(17(25)23-20-21-9-14(29-20)10(2)3)22-18(26)16(12(6)7)28-19(27)15(24)11(4)5/h9-13,15-16,24H,8H2,1-7H3,(H,22,26)(H,21,23,25). The fraction of sp³-hybridized carbons (Fsp3) is 0.700. The van der Waals surface area contributed by atoms with Crippen molar-refractivity contribution in [1.29, 1.82) is 0 Å². The summed E-state index contributed by atoms with van der Waals surface area (Å²) in [7, 11) is 0. The number of carbonyl (C=O) groups is 3. The van der Waals surface area contributed by atoms with E-state index in [0.29, 0.717) is 17.5 Å². The molecule has 0 aromatic carbocycles. The fourth-order valence-corrected chi connectivity index (χ4v) is 3.19. The first-order valence-electron chi connectivity index (χ1n) is 9.93. The maximum Gasteiger partial charge on any atom is 0.336 e. The first-order valence-corrected chi connectivity index (χ1v) is 10.7. The Bertz CT molecular complexity index is 702. The molecule has 3 atom stereocenters. The first-order chi connectivity index (χ1) is 13.5. The van der Waals surface area contributed by atoms with Crippen LogP contribution in [0, 0.1) is 11.8 Å². The summed E-state index contributed by atoms with van der Waals surface area (Å²) in [6.45, 7) is 12.7.